The van der Waals surface area contributed by atoms with Gasteiger partial charge >= 0.3 is 5.97 Å². The minimum atomic E-state index is -0.906. The predicted octanol–water partition coefficient (Wildman–Crippen LogP) is 2.58. The fourth-order valence-electron chi connectivity index (χ4n) is 8.47. The average molecular weight is 391 g/mol. The Morgan fingerprint density at radius 1 is 1.07 bits per heavy atom. The number of rotatable bonds is 1. The number of cyclic esters (lactones) is 1. The Hall–Kier alpha value is -0.910. The number of ether oxygens (including phenoxy) is 1. The highest BCUT2D eigenvalue weighted by Crippen LogP contribution is 2.69. The molecule has 5 heteroatoms. The molecular formula is C23H34O5. The molecule has 4 fully saturated rings. The highest BCUT2D eigenvalue weighted by Gasteiger charge is 2.70. The number of aliphatic hydroxyl groups is 3. The van der Waals surface area contributed by atoms with Crippen LogP contribution in [-0.4, -0.2) is 45.7 Å². The SMILES string of the molecule is C[C@]12CC[C@H](O)C[C@H]1CCC1C2CC[C@]2(C)C(C3=CC(=O)OC3)[C@@H](O)C[C@]12O. The molecule has 0 saturated heterocycles. The number of esters is 1. The summed E-state index contributed by atoms with van der Waals surface area (Å²) in [5.74, 6) is 0.627. The van der Waals surface area contributed by atoms with Crippen LogP contribution in [0.15, 0.2) is 11.6 Å². The van der Waals surface area contributed by atoms with Gasteiger partial charge in [-0.05, 0) is 73.7 Å². The molecule has 28 heavy (non-hydrogen) atoms. The van der Waals surface area contributed by atoms with Gasteiger partial charge in [0.1, 0.15) is 6.61 Å². The van der Waals surface area contributed by atoms with E-state index >= 15 is 0 Å². The first kappa shape index (κ1) is 19.1. The number of hydrogen-bond acceptors (Lipinski definition) is 5. The molecule has 156 valence electrons. The average Bonchev–Trinajstić information content (AvgIpc) is 3.13. The van der Waals surface area contributed by atoms with Gasteiger partial charge in [-0.25, -0.2) is 4.79 Å². The second-order valence-corrected chi connectivity index (χ2v) is 10.9. The van der Waals surface area contributed by atoms with Gasteiger partial charge in [0.2, 0.25) is 0 Å². The van der Waals surface area contributed by atoms with Gasteiger partial charge in [0.25, 0.3) is 0 Å². The lowest BCUT2D eigenvalue weighted by Crippen LogP contribution is -2.62. The number of hydrogen-bond donors (Lipinski definition) is 3. The molecule has 0 aromatic rings. The second kappa shape index (κ2) is 6.05. The zero-order valence-electron chi connectivity index (χ0n) is 17.1. The lowest BCUT2D eigenvalue weighted by atomic mass is 9.43. The van der Waals surface area contributed by atoms with Crippen LogP contribution in [-0.2, 0) is 9.53 Å². The van der Waals surface area contributed by atoms with Gasteiger partial charge in [-0.3, -0.25) is 0 Å². The molecule has 4 aliphatic carbocycles. The van der Waals surface area contributed by atoms with Crippen LogP contribution in [0.4, 0.5) is 0 Å². The molecule has 0 amide bonds. The van der Waals surface area contributed by atoms with Crippen molar-refractivity contribution in [3.05, 3.63) is 11.6 Å². The Morgan fingerprint density at radius 3 is 2.57 bits per heavy atom. The molecule has 1 aliphatic heterocycles. The highest BCUT2D eigenvalue weighted by molar-refractivity contribution is 5.85. The highest BCUT2D eigenvalue weighted by atomic mass is 16.5. The van der Waals surface area contributed by atoms with Gasteiger partial charge in [-0.15, -0.1) is 0 Å². The van der Waals surface area contributed by atoms with E-state index < -0.39 is 17.1 Å². The van der Waals surface area contributed by atoms with Gasteiger partial charge in [0.15, 0.2) is 0 Å². The van der Waals surface area contributed by atoms with Crippen molar-refractivity contribution < 1.29 is 24.9 Å². The van der Waals surface area contributed by atoms with Crippen LogP contribution in [0, 0.1) is 34.5 Å². The molecule has 0 bridgehead atoms. The summed E-state index contributed by atoms with van der Waals surface area (Å²) in [6.07, 6.45) is 7.87. The van der Waals surface area contributed by atoms with Crippen molar-refractivity contribution in [2.45, 2.75) is 83.0 Å². The predicted molar refractivity (Wildman–Crippen MR) is 103 cm³/mol. The van der Waals surface area contributed by atoms with E-state index in [1.54, 1.807) is 0 Å². The van der Waals surface area contributed by atoms with E-state index in [0.717, 1.165) is 50.5 Å². The summed E-state index contributed by atoms with van der Waals surface area (Å²) in [5.41, 5.74) is -0.301. The normalized spacial score (nSPS) is 55.8. The Kier molecular flexibility index (Phi) is 4.12. The standard InChI is InChI=1S/C23H34O5/c1-21-7-5-15(24)10-14(21)3-4-17-16(21)6-8-22(2)20(13-9-19(26)28-12-13)18(25)11-23(17,22)27/h9,14-18,20,24-25,27H,3-8,10-12H2,1-2H3/t14-,15+,16?,17?,18+,20?,21+,22-,23+/m1/s1. The van der Waals surface area contributed by atoms with Crippen molar-refractivity contribution in [2.75, 3.05) is 6.61 Å². The van der Waals surface area contributed by atoms with Crippen molar-refractivity contribution in [2.24, 2.45) is 34.5 Å². The van der Waals surface area contributed by atoms with Crippen molar-refractivity contribution in [3.8, 4) is 0 Å². The maximum absolute atomic E-state index is 12.1. The summed E-state index contributed by atoms with van der Waals surface area (Å²) in [4.78, 5) is 11.7. The largest absolute Gasteiger partial charge is 0.458 e. The molecule has 3 N–H and O–H groups in total. The van der Waals surface area contributed by atoms with E-state index in [-0.39, 0.29) is 35.9 Å². The molecule has 4 saturated carbocycles. The summed E-state index contributed by atoms with van der Waals surface area (Å²) in [5, 5.41) is 33.3. The van der Waals surface area contributed by atoms with Crippen molar-refractivity contribution in [1.29, 1.82) is 0 Å². The van der Waals surface area contributed by atoms with Crippen molar-refractivity contribution in [1.82, 2.24) is 0 Å². The smallest absolute Gasteiger partial charge is 0.331 e. The van der Waals surface area contributed by atoms with Crippen LogP contribution in [0.1, 0.15) is 65.2 Å². The van der Waals surface area contributed by atoms with Crippen LogP contribution in [0.2, 0.25) is 0 Å². The Balaban J connectivity index is 1.50. The zero-order chi connectivity index (χ0) is 19.9. The first-order valence-electron chi connectivity index (χ1n) is 11.1. The van der Waals surface area contributed by atoms with Crippen molar-refractivity contribution in [3.63, 3.8) is 0 Å². The maximum atomic E-state index is 12.1. The van der Waals surface area contributed by atoms with Crippen LogP contribution in [0.5, 0.6) is 0 Å². The fraction of sp³-hybridized carbons (Fsp3) is 0.870. The van der Waals surface area contributed by atoms with Crippen LogP contribution in [0.3, 0.4) is 0 Å². The number of fused-ring (bicyclic) bond motifs is 5. The van der Waals surface area contributed by atoms with Crippen molar-refractivity contribution >= 4 is 5.97 Å². The topological polar surface area (TPSA) is 87.0 Å². The lowest BCUT2D eigenvalue weighted by molar-refractivity contribution is -0.208. The molecule has 0 aromatic heterocycles. The van der Waals surface area contributed by atoms with E-state index in [9.17, 15) is 20.1 Å². The molecular weight excluding hydrogens is 356 g/mol. The second-order valence-electron chi connectivity index (χ2n) is 10.9. The summed E-state index contributed by atoms with van der Waals surface area (Å²) in [6.45, 7) is 4.77. The van der Waals surface area contributed by atoms with Gasteiger partial charge in [-0.2, -0.15) is 0 Å². The first-order valence-corrected chi connectivity index (χ1v) is 11.1. The third kappa shape index (κ3) is 2.33. The Bertz CT molecular complexity index is 718. The molecule has 0 spiro atoms. The Labute approximate surface area is 167 Å². The molecule has 5 rings (SSSR count). The lowest BCUT2D eigenvalue weighted by Gasteiger charge is -2.63. The molecule has 0 aromatic carbocycles. The van der Waals surface area contributed by atoms with E-state index in [1.165, 1.54) is 6.08 Å². The van der Waals surface area contributed by atoms with Gasteiger partial charge in [-0.1, -0.05) is 13.8 Å². The first-order chi connectivity index (χ1) is 13.2. The molecule has 9 atom stereocenters. The van der Waals surface area contributed by atoms with Crippen LogP contribution >= 0.6 is 0 Å². The molecule has 1 heterocycles. The summed E-state index contributed by atoms with van der Waals surface area (Å²) in [7, 11) is 0. The van der Waals surface area contributed by atoms with E-state index in [2.05, 4.69) is 13.8 Å². The summed E-state index contributed by atoms with van der Waals surface area (Å²) < 4.78 is 5.14. The molecule has 3 unspecified atom stereocenters. The maximum Gasteiger partial charge on any atom is 0.331 e. The minimum absolute atomic E-state index is 0.170. The number of carbonyl (C=O) groups excluding carboxylic acids is 1. The molecule has 5 nitrogen and oxygen atoms in total. The Morgan fingerprint density at radius 2 is 1.86 bits per heavy atom. The van der Waals surface area contributed by atoms with E-state index in [1.807, 2.05) is 0 Å². The van der Waals surface area contributed by atoms with Gasteiger partial charge in [0, 0.05) is 23.8 Å². The number of carbonyl (C=O) groups is 1. The zero-order valence-corrected chi connectivity index (χ0v) is 17.1. The fourth-order valence-corrected chi connectivity index (χ4v) is 8.47. The summed E-state index contributed by atoms with van der Waals surface area (Å²) in [6, 6.07) is 0. The van der Waals surface area contributed by atoms with E-state index in [0.29, 0.717) is 18.3 Å². The van der Waals surface area contributed by atoms with Crippen LogP contribution in [0.25, 0.3) is 0 Å². The number of aliphatic hydroxyl groups excluding tert-OH is 2. The summed E-state index contributed by atoms with van der Waals surface area (Å²) >= 11 is 0. The monoisotopic (exact) mass is 390 g/mol. The quantitative estimate of drug-likeness (QED) is 0.599. The van der Waals surface area contributed by atoms with Gasteiger partial charge < -0.3 is 20.1 Å². The molecule has 5 aliphatic rings. The molecule has 0 radical (unpaired) electrons. The van der Waals surface area contributed by atoms with E-state index in [4.69, 9.17) is 4.74 Å². The van der Waals surface area contributed by atoms with Gasteiger partial charge in [0.05, 0.1) is 17.8 Å². The van der Waals surface area contributed by atoms with Crippen LogP contribution < -0.4 is 0 Å². The minimum Gasteiger partial charge on any atom is -0.458 e. The third-order valence-electron chi connectivity index (χ3n) is 9.92. The third-order valence-corrected chi connectivity index (χ3v) is 9.92.